The minimum Gasteiger partial charge on any atom is -0.394 e. The molecular weight excluding hydrogens is 248 g/mol. The number of hydrogen-bond donors (Lipinski definition) is 2. The number of allylic oxidation sites excluding steroid dienone is 7. The molecule has 111 valence electrons. The molecule has 0 spiro atoms. The van der Waals surface area contributed by atoms with E-state index in [0.29, 0.717) is 0 Å². The summed E-state index contributed by atoms with van der Waals surface area (Å²) in [7, 11) is 0. The Morgan fingerprint density at radius 2 is 2.15 bits per heavy atom. The molecule has 0 heterocycles. The Morgan fingerprint density at radius 3 is 2.65 bits per heavy atom. The molecule has 0 aromatic rings. The van der Waals surface area contributed by atoms with Crippen LogP contribution in [0.15, 0.2) is 41.0 Å². The lowest BCUT2D eigenvalue weighted by Gasteiger charge is -2.39. The molecule has 2 heteroatoms. The predicted molar refractivity (Wildman–Crippen MR) is 84.1 cm³/mol. The van der Waals surface area contributed by atoms with Crippen molar-refractivity contribution in [2.24, 2.45) is 11.3 Å². The fourth-order valence-electron chi connectivity index (χ4n) is 3.13. The predicted octanol–water partition coefficient (Wildman–Crippen LogP) is 3.58. The lowest BCUT2D eigenvalue weighted by Crippen LogP contribution is -2.33. The van der Waals surface area contributed by atoms with Crippen LogP contribution >= 0.6 is 0 Å². The zero-order valence-corrected chi connectivity index (χ0v) is 13.1. The average molecular weight is 275 g/mol. The molecule has 1 aliphatic rings. The maximum absolute atomic E-state index is 9.89. The van der Waals surface area contributed by atoms with E-state index in [4.69, 9.17) is 11.7 Å². The largest absolute Gasteiger partial charge is 0.394 e. The van der Waals surface area contributed by atoms with Gasteiger partial charge in [-0.25, -0.2) is 0 Å². The standard InChI is InChI=1S/C18H27O2/c1-6-7-13(2)8-9-16-14(3)10-15(17(20)12-19)11-18(16,4)5/h1,6-9,15,17,19-20H,10-12H2,2-5H3. The number of aliphatic hydroxyl groups is 2. The minimum atomic E-state index is -0.622. The summed E-state index contributed by atoms with van der Waals surface area (Å²) in [5, 5.41) is 19.0. The van der Waals surface area contributed by atoms with E-state index in [1.807, 2.05) is 13.0 Å². The molecule has 2 unspecified atom stereocenters. The topological polar surface area (TPSA) is 40.5 Å². The van der Waals surface area contributed by atoms with Gasteiger partial charge < -0.3 is 10.2 Å². The summed E-state index contributed by atoms with van der Waals surface area (Å²) in [4.78, 5) is 0. The second kappa shape index (κ2) is 7.05. The summed E-state index contributed by atoms with van der Waals surface area (Å²) in [5.41, 5.74) is 3.73. The molecule has 1 radical (unpaired) electrons. The molecule has 0 aromatic heterocycles. The maximum Gasteiger partial charge on any atom is 0.0802 e. The molecular formula is C18H27O2. The first kappa shape index (κ1) is 16.9. The van der Waals surface area contributed by atoms with Gasteiger partial charge in [0, 0.05) is 0 Å². The highest BCUT2D eigenvalue weighted by molar-refractivity contribution is 5.37. The lowest BCUT2D eigenvalue weighted by molar-refractivity contribution is 0.0288. The van der Waals surface area contributed by atoms with E-state index in [0.717, 1.165) is 18.4 Å². The highest BCUT2D eigenvalue weighted by Crippen LogP contribution is 2.44. The van der Waals surface area contributed by atoms with Crippen molar-refractivity contribution in [3.05, 3.63) is 47.6 Å². The van der Waals surface area contributed by atoms with Gasteiger partial charge in [-0.1, -0.05) is 55.9 Å². The van der Waals surface area contributed by atoms with Crippen LogP contribution in [0.3, 0.4) is 0 Å². The zero-order valence-electron chi connectivity index (χ0n) is 13.1. The van der Waals surface area contributed by atoms with Gasteiger partial charge in [-0.2, -0.15) is 0 Å². The smallest absolute Gasteiger partial charge is 0.0802 e. The Bertz CT molecular complexity index is 438. The number of rotatable bonds is 5. The van der Waals surface area contributed by atoms with Crippen molar-refractivity contribution >= 4 is 0 Å². The summed E-state index contributed by atoms with van der Waals surface area (Å²) >= 11 is 0. The molecule has 0 saturated carbocycles. The van der Waals surface area contributed by atoms with E-state index in [-0.39, 0.29) is 17.9 Å². The summed E-state index contributed by atoms with van der Waals surface area (Å²) < 4.78 is 0. The van der Waals surface area contributed by atoms with Gasteiger partial charge in [-0.05, 0) is 43.6 Å². The van der Waals surface area contributed by atoms with Gasteiger partial charge in [-0.3, -0.25) is 0 Å². The van der Waals surface area contributed by atoms with Crippen LogP contribution in [0.5, 0.6) is 0 Å². The third-order valence-electron chi connectivity index (χ3n) is 4.13. The Hall–Kier alpha value is -1.12. The van der Waals surface area contributed by atoms with E-state index in [9.17, 15) is 5.11 Å². The van der Waals surface area contributed by atoms with E-state index < -0.39 is 6.10 Å². The van der Waals surface area contributed by atoms with Gasteiger partial charge in [0.05, 0.1) is 12.7 Å². The van der Waals surface area contributed by atoms with Crippen LogP contribution in [-0.2, 0) is 0 Å². The van der Waals surface area contributed by atoms with Crippen LogP contribution in [0, 0.1) is 17.9 Å². The molecule has 2 nitrogen and oxygen atoms in total. The third kappa shape index (κ3) is 4.19. The van der Waals surface area contributed by atoms with E-state index >= 15 is 0 Å². The molecule has 0 bridgehead atoms. The number of aliphatic hydroxyl groups excluding tert-OH is 2. The van der Waals surface area contributed by atoms with Crippen LogP contribution in [0.1, 0.15) is 40.5 Å². The molecule has 0 amide bonds. The first-order valence-electron chi connectivity index (χ1n) is 7.21. The Kier molecular flexibility index (Phi) is 5.97. The van der Waals surface area contributed by atoms with E-state index in [1.54, 1.807) is 6.08 Å². The Morgan fingerprint density at radius 1 is 1.50 bits per heavy atom. The number of hydrogen-bond acceptors (Lipinski definition) is 2. The lowest BCUT2D eigenvalue weighted by atomic mass is 9.67. The van der Waals surface area contributed by atoms with Crippen molar-refractivity contribution in [2.45, 2.75) is 46.6 Å². The maximum atomic E-state index is 9.89. The molecule has 0 aliphatic heterocycles. The van der Waals surface area contributed by atoms with Crippen LogP contribution in [0.4, 0.5) is 0 Å². The normalized spacial score (nSPS) is 25.1. The first-order valence-corrected chi connectivity index (χ1v) is 7.21. The van der Waals surface area contributed by atoms with Crippen molar-refractivity contribution in [1.82, 2.24) is 0 Å². The molecule has 1 aliphatic carbocycles. The monoisotopic (exact) mass is 275 g/mol. The van der Waals surface area contributed by atoms with Crippen LogP contribution in [0.2, 0.25) is 0 Å². The van der Waals surface area contributed by atoms with Crippen molar-refractivity contribution in [3.63, 3.8) is 0 Å². The van der Waals surface area contributed by atoms with Gasteiger partial charge in [0.15, 0.2) is 0 Å². The Balaban J connectivity index is 3.00. The first-order chi connectivity index (χ1) is 9.31. The molecule has 0 fully saturated rings. The van der Waals surface area contributed by atoms with Crippen molar-refractivity contribution in [1.29, 1.82) is 0 Å². The summed E-state index contributed by atoms with van der Waals surface area (Å²) in [6.45, 7) is 13.8. The average Bonchev–Trinajstić information content (AvgIpc) is 2.36. The van der Waals surface area contributed by atoms with Gasteiger partial charge in [-0.15, -0.1) is 0 Å². The third-order valence-corrected chi connectivity index (χ3v) is 4.13. The van der Waals surface area contributed by atoms with Gasteiger partial charge >= 0.3 is 0 Å². The highest BCUT2D eigenvalue weighted by atomic mass is 16.3. The van der Waals surface area contributed by atoms with Gasteiger partial charge in [0.25, 0.3) is 0 Å². The van der Waals surface area contributed by atoms with Gasteiger partial charge in [0.1, 0.15) is 0 Å². The van der Waals surface area contributed by atoms with E-state index in [1.165, 1.54) is 11.1 Å². The molecule has 2 atom stereocenters. The minimum absolute atomic E-state index is 0.00631. The van der Waals surface area contributed by atoms with Crippen LogP contribution in [0.25, 0.3) is 0 Å². The van der Waals surface area contributed by atoms with Crippen LogP contribution < -0.4 is 0 Å². The quantitative estimate of drug-likeness (QED) is 0.753. The van der Waals surface area contributed by atoms with Crippen molar-refractivity contribution < 1.29 is 10.2 Å². The van der Waals surface area contributed by atoms with Crippen molar-refractivity contribution in [3.8, 4) is 0 Å². The molecule has 1 rings (SSSR count). The fourth-order valence-corrected chi connectivity index (χ4v) is 3.13. The van der Waals surface area contributed by atoms with Crippen molar-refractivity contribution in [2.75, 3.05) is 6.61 Å². The molecule has 0 saturated heterocycles. The zero-order chi connectivity index (χ0) is 15.3. The van der Waals surface area contributed by atoms with E-state index in [2.05, 4.69) is 32.9 Å². The fraction of sp³-hybridized carbons (Fsp3) is 0.556. The highest BCUT2D eigenvalue weighted by Gasteiger charge is 2.35. The second-order valence-electron chi connectivity index (χ2n) is 6.43. The Labute approximate surface area is 123 Å². The van der Waals surface area contributed by atoms with Crippen LogP contribution in [-0.4, -0.2) is 22.9 Å². The summed E-state index contributed by atoms with van der Waals surface area (Å²) in [6, 6.07) is 0. The summed E-state index contributed by atoms with van der Waals surface area (Å²) in [5.74, 6) is 0.140. The van der Waals surface area contributed by atoms with Gasteiger partial charge in [0.2, 0.25) is 0 Å². The molecule has 2 N–H and O–H groups in total. The summed E-state index contributed by atoms with van der Waals surface area (Å²) in [6.07, 6.45) is 8.76. The second-order valence-corrected chi connectivity index (χ2v) is 6.43. The SMILES string of the molecule is [CH]=CC=C(C)C=CC1=C(C)CC(C(O)CO)CC1(C)C. The molecule has 0 aromatic carbocycles. The molecule has 20 heavy (non-hydrogen) atoms.